The van der Waals surface area contributed by atoms with E-state index in [4.69, 9.17) is 0 Å². The second-order valence-corrected chi connectivity index (χ2v) is 12.3. The van der Waals surface area contributed by atoms with Crippen LogP contribution in [-0.2, 0) is 0 Å². The number of amides is 2. The number of thioether (sulfide) groups is 1. The third-order valence-electron chi connectivity index (χ3n) is 4.83. The SMILES string of the molecule is C=C(C(C)(C)C)C(C)(C)NC(=O)N(C)CCNCCCCCCSC(C)(C)C. The van der Waals surface area contributed by atoms with Crippen LogP contribution >= 0.6 is 11.8 Å². The van der Waals surface area contributed by atoms with Crippen molar-refractivity contribution < 1.29 is 4.79 Å². The third kappa shape index (κ3) is 12.7. The highest BCUT2D eigenvalue weighted by molar-refractivity contribution is 8.00. The van der Waals surface area contributed by atoms with Gasteiger partial charge in [0.2, 0.25) is 0 Å². The monoisotopic (exact) mass is 413 g/mol. The molecular weight excluding hydrogens is 366 g/mol. The standard InChI is InChI=1S/C23H47N3OS/c1-19(21(2,3)4)23(8,9)25-20(27)26(10)17-16-24-15-13-11-12-14-18-28-22(5,6)7/h24H,1,11-18H2,2-10H3,(H,25,27). The van der Waals surface area contributed by atoms with E-state index in [0.717, 1.165) is 18.7 Å². The molecule has 28 heavy (non-hydrogen) atoms. The van der Waals surface area contributed by atoms with Gasteiger partial charge >= 0.3 is 6.03 Å². The summed E-state index contributed by atoms with van der Waals surface area (Å²) in [7, 11) is 1.85. The molecule has 0 unspecified atom stereocenters. The van der Waals surface area contributed by atoms with Crippen molar-refractivity contribution in [3.63, 3.8) is 0 Å². The Morgan fingerprint density at radius 2 is 1.50 bits per heavy atom. The quantitative estimate of drug-likeness (QED) is 0.319. The van der Waals surface area contributed by atoms with Crippen molar-refractivity contribution in [3.8, 4) is 0 Å². The van der Waals surface area contributed by atoms with Crippen LogP contribution in [0.3, 0.4) is 0 Å². The average molecular weight is 414 g/mol. The zero-order valence-corrected chi connectivity index (χ0v) is 20.9. The van der Waals surface area contributed by atoms with Crippen molar-refractivity contribution in [1.82, 2.24) is 15.5 Å². The first kappa shape index (κ1) is 27.3. The average Bonchev–Trinajstić information content (AvgIpc) is 2.53. The molecule has 166 valence electrons. The number of unbranched alkanes of at least 4 members (excludes halogenated alkanes) is 3. The van der Waals surface area contributed by atoms with Gasteiger partial charge < -0.3 is 15.5 Å². The Balaban J connectivity index is 3.88. The van der Waals surface area contributed by atoms with Gasteiger partial charge in [-0.2, -0.15) is 11.8 Å². The maximum absolute atomic E-state index is 12.5. The van der Waals surface area contributed by atoms with Crippen LogP contribution in [0.2, 0.25) is 0 Å². The van der Waals surface area contributed by atoms with Crippen LogP contribution in [-0.4, -0.2) is 53.7 Å². The summed E-state index contributed by atoms with van der Waals surface area (Å²) in [5.74, 6) is 1.26. The summed E-state index contributed by atoms with van der Waals surface area (Å²) in [6, 6.07) is -0.0476. The normalized spacial score (nSPS) is 12.8. The number of hydrogen-bond donors (Lipinski definition) is 2. The first-order chi connectivity index (χ1) is 12.7. The van der Waals surface area contributed by atoms with Gasteiger partial charge in [0, 0.05) is 24.9 Å². The molecule has 0 fully saturated rings. The Hall–Kier alpha value is -0.680. The summed E-state index contributed by atoms with van der Waals surface area (Å²) < 4.78 is 0.384. The molecule has 0 aliphatic heterocycles. The van der Waals surface area contributed by atoms with Crippen LogP contribution in [0.4, 0.5) is 4.79 Å². The van der Waals surface area contributed by atoms with E-state index in [2.05, 4.69) is 70.5 Å². The molecule has 0 saturated carbocycles. The van der Waals surface area contributed by atoms with Gasteiger partial charge in [0.05, 0.1) is 5.54 Å². The number of carbonyl (C=O) groups excluding carboxylic acids is 1. The molecule has 0 atom stereocenters. The van der Waals surface area contributed by atoms with Gasteiger partial charge in [-0.05, 0) is 50.0 Å². The van der Waals surface area contributed by atoms with Crippen LogP contribution in [0.5, 0.6) is 0 Å². The van der Waals surface area contributed by atoms with E-state index in [1.165, 1.54) is 31.4 Å². The fraction of sp³-hybridized carbons (Fsp3) is 0.870. The zero-order valence-electron chi connectivity index (χ0n) is 20.1. The summed E-state index contributed by atoms with van der Waals surface area (Å²) in [6.07, 6.45) is 5.09. The second-order valence-electron chi connectivity index (χ2n) is 10.3. The Bertz CT molecular complexity index is 475. The first-order valence-corrected chi connectivity index (χ1v) is 11.7. The van der Waals surface area contributed by atoms with Gasteiger partial charge in [0.1, 0.15) is 0 Å². The van der Waals surface area contributed by atoms with Crippen LogP contribution < -0.4 is 10.6 Å². The number of rotatable bonds is 12. The van der Waals surface area contributed by atoms with E-state index in [1.54, 1.807) is 4.90 Å². The van der Waals surface area contributed by atoms with Crippen LogP contribution in [0.1, 0.15) is 81.1 Å². The second kappa shape index (κ2) is 12.1. The Kier molecular flexibility index (Phi) is 11.8. The van der Waals surface area contributed by atoms with E-state index < -0.39 is 5.54 Å². The lowest BCUT2D eigenvalue weighted by Crippen LogP contribution is -2.52. The minimum Gasteiger partial charge on any atom is -0.329 e. The predicted octanol–water partition coefficient (Wildman–Crippen LogP) is 5.69. The number of nitrogens with one attached hydrogen (secondary N) is 2. The van der Waals surface area contributed by atoms with Gasteiger partial charge in [-0.3, -0.25) is 0 Å². The van der Waals surface area contributed by atoms with Crippen molar-refractivity contribution >= 4 is 17.8 Å². The molecule has 0 rings (SSSR count). The lowest BCUT2D eigenvalue weighted by molar-refractivity contribution is 0.198. The van der Waals surface area contributed by atoms with E-state index in [9.17, 15) is 4.79 Å². The number of likely N-dealkylation sites (N-methyl/N-ethyl adjacent to an activating group) is 1. The van der Waals surface area contributed by atoms with Crippen molar-refractivity contribution in [2.75, 3.05) is 32.4 Å². The first-order valence-electron chi connectivity index (χ1n) is 10.7. The predicted molar refractivity (Wildman–Crippen MR) is 127 cm³/mol. The minimum atomic E-state index is -0.428. The molecule has 0 radical (unpaired) electrons. The smallest absolute Gasteiger partial charge is 0.317 e. The molecule has 2 N–H and O–H groups in total. The van der Waals surface area contributed by atoms with Gasteiger partial charge in [0.15, 0.2) is 0 Å². The minimum absolute atomic E-state index is 0.0393. The van der Waals surface area contributed by atoms with Crippen LogP contribution in [0.25, 0.3) is 0 Å². The maximum Gasteiger partial charge on any atom is 0.317 e. The van der Waals surface area contributed by atoms with Crippen LogP contribution in [0, 0.1) is 5.41 Å². The van der Waals surface area contributed by atoms with Gasteiger partial charge in [0.25, 0.3) is 0 Å². The largest absolute Gasteiger partial charge is 0.329 e. The molecule has 0 saturated heterocycles. The van der Waals surface area contributed by atoms with Gasteiger partial charge in [-0.15, -0.1) is 0 Å². The molecule has 0 aliphatic rings. The molecule has 0 aromatic rings. The van der Waals surface area contributed by atoms with E-state index in [1.807, 2.05) is 20.9 Å². The Morgan fingerprint density at radius 1 is 0.929 bits per heavy atom. The topological polar surface area (TPSA) is 44.4 Å². The number of urea groups is 1. The highest BCUT2D eigenvalue weighted by Crippen LogP contribution is 2.32. The maximum atomic E-state index is 12.5. The molecule has 0 aliphatic carbocycles. The zero-order chi connectivity index (χ0) is 22.0. The van der Waals surface area contributed by atoms with Crippen molar-refractivity contribution in [1.29, 1.82) is 0 Å². The molecule has 0 bridgehead atoms. The Morgan fingerprint density at radius 3 is 2.04 bits per heavy atom. The summed E-state index contributed by atoms with van der Waals surface area (Å²) in [4.78, 5) is 14.2. The molecule has 2 amide bonds. The number of nitrogens with zero attached hydrogens (tertiary/aromatic N) is 1. The van der Waals surface area contributed by atoms with E-state index >= 15 is 0 Å². The van der Waals surface area contributed by atoms with Crippen molar-refractivity contribution in [2.45, 2.75) is 91.4 Å². The molecule has 0 heterocycles. The van der Waals surface area contributed by atoms with Gasteiger partial charge in [-0.1, -0.05) is 61.0 Å². The molecule has 0 spiro atoms. The summed E-state index contributed by atoms with van der Waals surface area (Å²) in [5.41, 5.74) is 0.561. The van der Waals surface area contributed by atoms with Crippen molar-refractivity contribution in [2.24, 2.45) is 5.41 Å². The van der Waals surface area contributed by atoms with Crippen molar-refractivity contribution in [3.05, 3.63) is 12.2 Å². The number of carbonyl (C=O) groups is 1. The molecule has 4 nitrogen and oxygen atoms in total. The third-order valence-corrected chi connectivity index (χ3v) is 6.19. The van der Waals surface area contributed by atoms with Gasteiger partial charge in [-0.25, -0.2) is 4.79 Å². The molecule has 5 heteroatoms. The molecular formula is C23H47N3OS. The molecule has 0 aromatic heterocycles. The van der Waals surface area contributed by atoms with E-state index in [-0.39, 0.29) is 11.4 Å². The summed E-state index contributed by atoms with van der Waals surface area (Å²) in [6.45, 7) is 24.0. The lowest BCUT2D eigenvalue weighted by atomic mass is 9.77. The highest BCUT2D eigenvalue weighted by atomic mass is 32.2. The van der Waals surface area contributed by atoms with E-state index in [0.29, 0.717) is 11.3 Å². The number of hydrogen-bond acceptors (Lipinski definition) is 3. The molecule has 0 aromatic carbocycles. The summed E-state index contributed by atoms with van der Waals surface area (Å²) >= 11 is 2.05. The fourth-order valence-corrected chi connectivity index (χ4v) is 3.89. The fourth-order valence-electron chi connectivity index (χ4n) is 2.93. The van der Waals surface area contributed by atoms with Crippen LogP contribution in [0.15, 0.2) is 12.2 Å². The Labute approximate surface area is 179 Å². The summed E-state index contributed by atoms with van der Waals surface area (Å²) in [5, 5.41) is 6.56. The highest BCUT2D eigenvalue weighted by Gasteiger charge is 2.32. The lowest BCUT2D eigenvalue weighted by Gasteiger charge is -2.37.